The van der Waals surface area contributed by atoms with Crippen molar-refractivity contribution in [2.45, 2.75) is 13.3 Å². The first kappa shape index (κ1) is 11.3. The van der Waals surface area contributed by atoms with Crippen molar-refractivity contribution in [1.82, 2.24) is 5.43 Å². The van der Waals surface area contributed by atoms with E-state index in [1.165, 1.54) is 19.1 Å². The van der Waals surface area contributed by atoms with Gasteiger partial charge in [0, 0.05) is 11.3 Å². The van der Waals surface area contributed by atoms with Crippen LogP contribution in [0.2, 0.25) is 0 Å². The van der Waals surface area contributed by atoms with Crippen molar-refractivity contribution in [2.75, 3.05) is 0 Å². The van der Waals surface area contributed by atoms with E-state index < -0.39 is 17.4 Å². The summed E-state index contributed by atoms with van der Waals surface area (Å²) in [6.45, 7) is 1.45. The number of hydrogen-bond acceptors (Lipinski definition) is 4. The average Bonchev–Trinajstić information content (AvgIpc) is 2.16. The molecule has 6 heteroatoms. The van der Waals surface area contributed by atoms with Gasteiger partial charge in [-0.3, -0.25) is 10.6 Å². The van der Waals surface area contributed by atoms with Crippen molar-refractivity contribution in [3.63, 3.8) is 0 Å². The lowest BCUT2D eigenvalue weighted by Gasteiger charge is -2.25. The number of hydrogen-bond donors (Lipinski definition) is 4. The lowest BCUT2D eigenvalue weighted by atomic mass is 9.79. The van der Waals surface area contributed by atoms with Crippen molar-refractivity contribution in [3.8, 4) is 0 Å². The summed E-state index contributed by atoms with van der Waals surface area (Å²) < 4.78 is 0. The van der Waals surface area contributed by atoms with Crippen LogP contribution in [0.3, 0.4) is 0 Å². The molecule has 0 aliphatic heterocycles. The third-order valence-electron chi connectivity index (χ3n) is 2.29. The molecule has 0 aromatic heterocycles. The Morgan fingerprint density at radius 1 is 1.53 bits per heavy atom. The van der Waals surface area contributed by atoms with E-state index in [0.29, 0.717) is 5.70 Å². The zero-order valence-electron chi connectivity index (χ0n) is 8.15. The number of allylic oxidation sites excluding steroid dienone is 1. The van der Waals surface area contributed by atoms with Gasteiger partial charge in [0.25, 0.3) is 0 Å². The number of rotatable bonds is 3. The highest BCUT2D eigenvalue weighted by molar-refractivity contribution is 5.90. The van der Waals surface area contributed by atoms with E-state index in [4.69, 9.17) is 16.1 Å². The van der Waals surface area contributed by atoms with Gasteiger partial charge in [-0.25, -0.2) is 4.79 Å². The molecule has 0 spiro atoms. The van der Waals surface area contributed by atoms with Crippen LogP contribution >= 0.6 is 0 Å². The first-order chi connectivity index (χ1) is 6.89. The lowest BCUT2D eigenvalue weighted by Crippen LogP contribution is -2.33. The molecule has 1 atom stereocenters. The van der Waals surface area contributed by atoms with E-state index in [1.54, 1.807) is 0 Å². The molecule has 1 unspecified atom stereocenters. The Morgan fingerprint density at radius 2 is 2.13 bits per heavy atom. The van der Waals surface area contributed by atoms with Crippen LogP contribution < -0.4 is 11.3 Å². The largest absolute Gasteiger partial charge is 0.481 e. The summed E-state index contributed by atoms with van der Waals surface area (Å²) in [5.41, 5.74) is 1.34. The predicted molar refractivity (Wildman–Crippen MR) is 51.5 cm³/mol. The van der Waals surface area contributed by atoms with Crippen molar-refractivity contribution in [2.24, 2.45) is 11.3 Å². The molecular formula is C9H12N2O4. The Balaban J connectivity index is 3.12. The molecule has 5 N–H and O–H groups in total. The summed E-state index contributed by atoms with van der Waals surface area (Å²) in [4.78, 5) is 21.7. The average molecular weight is 212 g/mol. The molecule has 1 aliphatic carbocycles. The SMILES string of the molecule is CC1(C(=O)O)C=C(NN)C=C(C(=O)O)C1. The van der Waals surface area contributed by atoms with Gasteiger partial charge in [-0.15, -0.1) is 0 Å². The number of nitrogens with one attached hydrogen (secondary N) is 1. The highest BCUT2D eigenvalue weighted by Crippen LogP contribution is 2.33. The Labute approximate surface area is 86.0 Å². The second-order valence-corrected chi connectivity index (χ2v) is 3.62. The minimum absolute atomic E-state index is 0.0235. The van der Waals surface area contributed by atoms with Gasteiger partial charge in [-0.05, 0) is 25.5 Å². The molecule has 15 heavy (non-hydrogen) atoms. The molecule has 1 rings (SSSR count). The van der Waals surface area contributed by atoms with Gasteiger partial charge in [0.1, 0.15) is 0 Å². The highest BCUT2D eigenvalue weighted by atomic mass is 16.4. The number of carbonyl (C=O) groups is 2. The van der Waals surface area contributed by atoms with Crippen LogP contribution in [0, 0.1) is 5.41 Å². The van der Waals surface area contributed by atoms with Crippen LogP contribution in [0.25, 0.3) is 0 Å². The highest BCUT2D eigenvalue weighted by Gasteiger charge is 2.36. The van der Waals surface area contributed by atoms with Crippen molar-refractivity contribution >= 4 is 11.9 Å². The number of carboxylic acids is 2. The van der Waals surface area contributed by atoms with Gasteiger partial charge in [-0.2, -0.15) is 0 Å². The molecule has 6 nitrogen and oxygen atoms in total. The summed E-state index contributed by atoms with van der Waals surface area (Å²) in [5, 5.41) is 17.8. The van der Waals surface area contributed by atoms with Crippen LogP contribution in [0.15, 0.2) is 23.4 Å². The molecule has 0 saturated heterocycles. The van der Waals surface area contributed by atoms with E-state index in [0.717, 1.165) is 0 Å². The van der Waals surface area contributed by atoms with Gasteiger partial charge in [0.2, 0.25) is 0 Å². The summed E-state index contributed by atoms with van der Waals surface area (Å²) in [6.07, 6.45) is 2.68. The minimum Gasteiger partial charge on any atom is -0.481 e. The summed E-state index contributed by atoms with van der Waals surface area (Å²) in [6, 6.07) is 0. The standard InChI is InChI=1S/C9H12N2O4/c1-9(8(14)15)3-5(7(12)13)2-6(4-9)11-10/h2,4,11H,3,10H2,1H3,(H,12,13)(H,14,15). The fraction of sp³-hybridized carbons (Fsp3) is 0.333. The molecule has 82 valence electrons. The Morgan fingerprint density at radius 3 is 2.53 bits per heavy atom. The van der Waals surface area contributed by atoms with E-state index in [-0.39, 0.29) is 12.0 Å². The molecule has 0 amide bonds. The zero-order chi connectivity index (χ0) is 11.6. The van der Waals surface area contributed by atoms with Gasteiger partial charge in [-0.1, -0.05) is 0 Å². The molecule has 0 aromatic carbocycles. The number of nitrogens with two attached hydrogens (primary N) is 1. The maximum absolute atomic E-state index is 11.0. The van der Waals surface area contributed by atoms with Crippen LogP contribution in [0.4, 0.5) is 0 Å². The molecule has 0 bridgehead atoms. The van der Waals surface area contributed by atoms with Gasteiger partial charge >= 0.3 is 11.9 Å². The molecular weight excluding hydrogens is 200 g/mol. The van der Waals surface area contributed by atoms with E-state index in [1.807, 2.05) is 0 Å². The Bertz CT molecular complexity index is 372. The van der Waals surface area contributed by atoms with E-state index >= 15 is 0 Å². The van der Waals surface area contributed by atoms with Crippen molar-refractivity contribution < 1.29 is 19.8 Å². The second-order valence-electron chi connectivity index (χ2n) is 3.62. The lowest BCUT2D eigenvalue weighted by molar-refractivity contribution is -0.145. The third kappa shape index (κ3) is 2.16. The van der Waals surface area contributed by atoms with Crippen LogP contribution in [-0.4, -0.2) is 22.2 Å². The van der Waals surface area contributed by atoms with Crippen LogP contribution in [0.5, 0.6) is 0 Å². The number of aliphatic carboxylic acids is 2. The third-order valence-corrected chi connectivity index (χ3v) is 2.29. The fourth-order valence-corrected chi connectivity index (χ4v) is 1.43. The minimum atomic E-state index is -1.23. The van der Waals surface area contributed by atoms with Crippen LogP contribution in [-0.2, 0) is 9.59 Å². The Hall–Kier alpha value is -1.82. The van der Waals surface area contributed by atoms with Crippen molar-refractivity contribution in [3.05, 3.63) is 23.4 Å². The maximum atomic E-state index is 11.0. The molecule has 0 radical (unpaired) electrons. The first-order valence-corrected chi connectivity index (χ1v) is 4.26. The monoisotopic (exact) mass is 212 g/mol. The second kappa shape index (κ2) is 3.74. The summed E-state index contributed by atoms with van der Waals surface area (Å²) in [5.74, 6) is 2.92. The molecule has 0 heterocycles. The van der Waals surface area contributed by atoms with Gasteiger partial charge in [0.15, 0.2) is 0 Å². The molecule has 0 fully saturated rings. The van der Waals surface area contributed by atoms with Crippen molar-refractivity contribution in [1.29, 1.82) is 0 Å². The fourth-order valence-electron chi connectivity index (χ4n) is 1.43. The number of hydrazine groups is 1. The van der Waals surface area contributed by atoms with Gasteiger partial charge < -0.3 is 15.6 Å². The smallest absolute Gasteiger partial charge is 0.331 e. The Kier molecular flexibility index (Phi) is 2.81. The topological polar surface area (TPSA) is 113 Å². The van der Waals surface area contributed by atoms with Crippen LogP contribution in [0.1, 0.15) is 13.3 Å². The van der Waals surface area contributed by atoms with Gasteiger partial charge in [0.05, 0.1) is 5.41 Å². The molecule has 0 saturated carbocycles. The quantitative estimate of drug-likeness (QED) is 0.382. The predicted octanol–water partition coefficient (Wildman–Crippen LogP) is -0.161. The number of carboxylic acid groups (broad SMARTS) is 2. The maximum Gasteiger partial charge on any atom is 0.331 e. The molecule has 1 aliphatic rings. The zero-order valence-corrected chi connectivity index (χ0v) is 8.15. The summed E-state index contributed by atoms with van der Waals surface area (Å²) >= 11 is 0. The normalized spacial score (nSPS) is 25.2. The molecule has 0 aromatic rings. The summed E-state index contributed by atoms with van der Waals surface area (Å²) in [7, 11) is 0. The first-order valence-electron chi connectivity index (χ1n) is 4.26. The van der Waals surface area contributed by atoms with E-state index in [2.05, 4.69) is 5.43 Å². The van der Waals surface area contributed by atoms with E-state index in [9.17, 15) is 9.59 Å².